The molecular formula is C17H24ClNO3. The minimum Gasteiger partial charge on any atom is -0.479 e. The number of ether oxygens (including phenoxy) is 1. The van der Waals surface area contributed by atoms with E-state index >= 15 is 0 Å². The van der Waals surface area contributed by atoms with Gasteiger partial charge < -0.3 is 14.7 Å². The Balaban J connectivity index is 2.04. The summed E-state index contributed by atoms with van der Waals surface area (Å²) in [7, 11) is 0. The number of carbonyl (C=O) groups excluding carboxylic acids is 1. The summed E-state index contributed by atoms with van der Waals surface area (Å²) in [4.78, 5) is 14.5. The standard InChI is InChI=1S/C17H24ClNO3/c1-3-15(22-16-9-5-4-8-14(16)18)17(21)19-10-6-7-13(11-19)12(2)20/h4-5,8-9,12-13,15,20H,3,6-7,10-11H2,1-2H3. The van der Waals surface area contributed by atoms with Crippen LogP contribution in [0.5, 0.6) is 5.75 Å². The first-order valence-electron chi connectivity index (χ1n) is 7.91. The van der Waals surface area contributed by atoms with Gasteiger partial charge in [-0.3, -0.25) is 4.79 Å². The lowest BCUT2D eigenvalue weighted by Crippen LogP contribution is -2.48. The van der Waals surface area contributed by atoms with Crippen molar-refractivity contribution >= 4 is 17.5 Å². The number of aliphatic hydroxyl groups is 1. The summed E-state index contributed by atoms with van der Waals surface area (Å²) in [5.74, 6) is 0.664. The molecule has 0 aromatic heterocycles. The lowest BCUT2D eigenvalue weighted by molar-refractivity contribution is -0.141. The zero-order valence-corrected chi connectivity index (χ0v) is 13.9. The Morgan fingerprint density at radius 1 is 1.50 bits per heavy atom. The minimum atomic E-state index is -0.535. The number of amides is 1. The van der Waals surface area contributed by atoms with Gasteiger partial charge in [0, 0.05) is 19.0 Å². The fourth-order valence-electron chi connectivity index (χ4n) is 2.81. The Bertz CT molecular complexity index is 506. The molecule has 122 valence electrons. The van der Waals surface area contributed by atoms with Gasteiger partial charge in [-0.05, 0) is 38.3 Å². The number of rotatable bonds is 5. The van der Waals surface area contributed by atoms with Crippen LogP contribution in [0, 0.1) is 5.92 Å². The third-order valence-corrected chi connectivity index (χ3v) is 4.52. The van der Waals surface area contributed by atoms with E-state index in [0.717, 1.165) is 19.4 Å². The summed E-state index contributed by atoms with van der Waals surface area (Å²) < 4.78 is 5.82. The van der Waals surface area contributed by atoms with Crippen LogP contribution in [-0.4, -0.2) is 41.2 Å². The molecule has 0 saturated carbocycles. The van der Waals surface area contributed by atoms with E-state index in [1.807, 2.05) is 24.0 Å². The second-order valence-electron chi connectivity index (χ2n) is 5.87. The van der Waals surface area contributed by atoms with E-state index in [1.165, 1.54) is 0 Å². The maximum Gasteiger partial charge on any atom is 0.263 e. The van der Waals surface area contributed by atoms with Crippen molar-refractivity contribution in [2.45, 2.75) is 45.3 Å². The number of carbonyl (C=O) groups is 1. The first-order valence-corrected chi connectivity index (χ1v) is 8.28. The third-order valence-electron chi connectivity index (χ3n) is 4.20. The molecule has 1 saturated heterocycles. The van der Waals surface area contributed by atoms with E-state index in [2.05, 4.69) is 0 Å². The van der Waals surface area contributed by atoms with Crippen molar-refractivity contribution in [3.63, 3.8) is 0 Å². The maximum absolute atomic E-state index is 12.7. The van der Waals surface area contributed by atoms with Crippen LogP contribution in [0.4, 0.5) is 0 Å². The number of halogens is 1. The summed E-state index contributed by atoms with van der Waals surface area (Å²) in [6.45, 7) is 5.04. The number of nitrogens with zero attached hydrogens (tertiary/aromatic N) is 1. The van der Waals surface area contributed by atoms with Gasteiger partial charge in [0.05, 0.1) is 11.1 Å². The van der Waals surface area contributed by atoms with Gasteiger partial charge in [0.2, 0.25) is 0 Å². The molecule has 1 aliphatic heterocycles. The maximum atomic E-state index is 12.7. The van der Waals surface area contributed by atoms with Crippen molar-refractivity contribution in [1.82, 2.24) is 4.90 Å². The third kappa shape index (κ3) is 4.14. The van der Waals surface area contributed by atoms with Crippen molar-refractivity contribution in [2.24, 2.45) is 5.92 Å². The molecule has 5 heteroatoms. The Morgan fingerprint density at radius 3 is 2.86 bits per heavy atom. The van der Waals surface area contributed by atoms with Gasteiger partial charge in [-0.1, -0.05) is 30.7 Å². The first kappa shape index (κ1) is 17.1. The van der Waals surface area contributed by atoms with E-state index in [-0.39, 0.29) is 17.9 Å². The molecule has 0 bridgehead atoms. The van der Waals surface area contributed by atoms with Crippen LogP contribution in [0.15, 0.2) is 24.3 Å². The van der Waals surface area contributed by atoms with E-state index in [0.29, 0.717) is 23.7 Å². The highest BCUT2D eigenvalue weighted by Crippen LogP contribution is 2.26. The quantitative estimate of drug-likeness (QED) is 0.905. The molecule has 0 aliphatic carbocycles. The van der Waals surface area contributed by atoms with Crippen molar-refractivity contribution in [3.05, 3.63) is 29.3 Å². The average molecular weight is 326 g/mol. The zero-order valence-electron chi connectivity index (χ0n) is 13.2. The number of para-hydroxylation sites is 1. The Morgan fingerprint density at radius 2 is 2.23 bits per heavy atom. The van der Waals surface area contributed by atoms with Crippen LogP contribution in [0.25, 0.3) is 0 Å². The molecule has 1 fully saturated rings. The van der Waals surface area contributed by atoms with Crippen LogP contribution < -0.4 is 4.74 Å². The van der Waals surface area contributed by atoms with Crippen LogP contribution in [0.2, 0.25) is 5.02 Å². The van der Waals surface area contributed by atoms with Gasteiger partial charge in [-0.2, -0.15) is 0 Å². The highest BCUT2D eigenvalue weighted by Gasteiger charge is 2.31. The van der Waals surface area contributed by atoms with Crippen molar-refractivity contribution in [3.8, 4) is 5.75 Å². The van der Waals surface area contributed by atoms with Crippen LogP contribution in [-0.2, 0) is 4.79 Å². The highest BCUT2D eigenvalue weighted by molar-refractivity contribution is 6.32. The molecule has 2 rings (SSSR count). The highest BCUT2D eigenvalue weighted by atomic mass is 35.5. The molecule has 22 heavy (non-hydrogen) atoms. The van der Waals surface area contributed by atoms with Gasteiger partial charge in [0.1, 0.15) is 5.75 Å². The summed E-state index contributed by atoms with van der Waals surface area (Å²) in [5.41, 5.74) is 0. The Hall–Kier alpha value is -1.26. The molecule has 1 amide bonds. The summed E-state index contributed by atoms with van der Waals surface area (Å²) in [6.07, 6.45) is 1.54. The lowest BCUT2D eigenvalue weighted by Gasteiger charge is -2.36. The number of likely N-dealkylation sites (tertiary alicyclic amines) is 1. The molecule has 1 aliphatic rings. The van der Waals surface area contributed by atoms with Crippen LogP contribution in [0.3, 0.4) is 0 Å². The molecule has 1 N–H and O–H groups in total. The fraction of sp³-hybridized carbons (Fsp3) is 0.588. The summed E-state index contributed by atoms with van der Waals surface area (Å²) in [6, 6.07) is 7.18. The molecule has 1 aromatic rings. The van der Waals surface area contributed by atoms with E-state index in [9.17, 15) is 9.90 Å². The van der Waals surface area contributed by atoms with E-state index < -0.39 is 6.10 Å². The zero-order chi connectivity index (χ0) is 16.1. The normalized spacial score (nSPS) is 21.3. The largest absolute Gasteiger partial charge is 0.479 e. The van der Waals surface area contributed by atoms with Gasteiger partial charge in [-0.15, -0.1) is 0 Å². The summed E-state index contributed by atoms with van der Waals surface area (Å²) in [5, 5.41) is 10.3. The van der Waals surface area contributed by atoms with E-state index in [1.54, 1.807) is 19.1 Å². The van der Waals surface area contributed by atoms with Crippen molar-refractivity contribution in [1.29, 1.82) is 0 Å². The number of hydrogen-bond acceptors (Lipinski definition) is 3. The smallest absolute Gasteiger partial charge is 0.263 e. The number of hydrogen-bond donors (Lipinski definition) is 1. The Kier molecular flexibility index (Phi) is 6.09. The molecule has 1 aromatic carbocycles. The number of benzene rings is 1. The fourth-order valence-corrected chi connectivity index (χ4v) is 2.99. The number of piperidine rings is 1. The molecule has 0 radical (unpaired) electrons. The Labute approximate surface area is 137 Å². The predicted molar refractivity (Wildman–Crippen MR) is 87.1 cm³/mol. The van der Waals surface area contributed by atoms with Gasteiger partial charge >= 0.3 is 0 Å². The molecule has 1 heterocycles. The minimum absolute atomic E-state index is 0.0206. The molecule has 3 atom stereocenters. The second-order valence-corrected chi connectivity index (χ2v) is 6.28. The first-order chi connectivity index (χ1) is 10.5. The van der Waals surface area contributed by atoms with Gasteiger partial charge in [-0.25, -0.2) is 0 Å². The lowest BCUT2D eigenvalue weighted by atomic mass is 9.93. The molecular weight excluding hydrogens is 302 g/mol. The van der Waals surface area contributed by atoms with Gasteiger partial charge in [0.25, 0.3) is 5.91 Å². The molecule has 4 nitrogen and oxygen atoms in total. The molecule has 3 unspecified atom stereocenters. The van der Waals surface area contributed by atoms with E-state index in [4.69, 9.17) is 16.3 Å². The topological polar surface area (TPSA) is 49.8 Å². The van der Waals surface area contributed by atoms with Crippen molar-refractivity contribution < 1.29 is 14.6 Å². The number of aliphatic hydroxyl groups excluding tert-OH is 1. The average Bonchev–Trinajstić information content (AvgIpc) is 2.53. The van der Waals surface area contributed by atoms with Gasteiger partial charge in [0.15, 0.2) is 6.10 Å². The monoisotopic (exact) mass is 325 g/mol. The predicted octanol–water partition coefficient (Wildman–Crippen LogP) is 3.12. The van der Waals surface area contributed by atoms with Crippen LogP contribution in [0.1, 0.15) is 33.1 Å². The van der Waals surface area contributed by atoms with Crippen molar-refractivity contribution in [2.75, 3.05) is 13.1 Å². The second kappa shape index (κ2) is 7.84. The molecule has 0 spiro atoms. The SMILES string of the molecule is CCC(Oc1ccccc1Cl)C(=O)N1CCCC(C(C)O)C1. The summed E-state index contributed by atoms with van der Waals surface area (Å²) >= 11 is 6.10. The van der Waals surface area contributed by atoms with Crippen LogP contribution >= 0.6 is 11.6 Å².